The number of carboxylic acids is 1. The number of rotatable bonds is 6. The number of amides is 1. The van der Waals surface area contributed by atoms with Crippen LogP contribution in [0.3, 0.4) is 0 Å². The van der Waals surface area contributed by atoms with Crippen molar-refractivity contribution in [2.45, 2.75) is 26.0 Å². The van der Waals surface area contributed by atoms with E-state index in [0.29, 0.717) is 16.5 Å². The van der Waals surface area contributed by atoms with Gasteiger partial charge in [0, 0.05) is 24.1 Å². The zero-order valence-corrected chi connectivity index (χ0v) is 15.3. The highest BCUT2D eigenvalue weighted by atomic mass is 16.5. The lowest BCUT2D eigenvalue weighted by atomic mass is 10.0. The van der Waals surface area contributed by atoms with Crippen molar-refractivity contribution in [3.63, 3.8) is 0 Å². The standard InChI is InChI=1S/C21H20N2O5/c1-14(24)23-12-17(16-9-5-6-10-19(16)23)18(11-20(25)26)22-21(27)28-13-15-7-3-2-4-8-15/h2-10,12,18H,11,13H2,1H3,(H,22,27)(H,25,26). The molecule has 1 heterocycles. The average molecular weight is 380 g/mol. The van der Waals surface area contributed by atoms with Crippen LogP contribution in [0.4, 0.5) is 4.79 Å². The van der Waals surface area contributed by atoms with Crippen LogP contribution in [0.15, 0.2) is 60.8 Å². The first-order valence-corrected chi connectivity index (χ1v) is 8.75. The molecule has 3 aromatic rings. The topological polar surface area (TPSA) is 97.6 Å². The van der Waals surface area contributed by atoms with Gasteiger partial charge in [-0.25, -0.2) is 4.79 Å². The van der Waals surface area contributed by atoms with Gasteiger partial charge in [0.1, 0.15) is 6.61 Å². The predicted octanol–water partition coefficient (Wildman–Crippen LogP) is 3.74. The number of para-hydroxylation sites is 1. The van der Waals surface area contributed by atoms with Crippen molar-refractivity contribution in [2.24, 2.45) is 0 Å². The minimum Gasteiger partial charge on any atom is -0.481 e. The van der Waals surface area contributed by atoms with Crippen molar-refractivity contribution in [3.8, 4) is 0 Å². The van der Waals surface area contributed by atoms with Crippen LogP contribution in [-0.4, -0.2) is 27.6 Å². The van der Waals surface area contributed by atoms with Crippen molar-refractivity contribution >= 4 is 28.9 Å². The smallest absolute Gasteiger partial charge is 0.407 e. The van der Waals surface area contributed by atoms with E-state index < -0.39 is 18.1 Å². The van der Waals surface area contributed by atoms with Crippen LogP contribution in [0.5, 0.6) is 0 Å². The van der Waals surface area contributed by atoms with E-state index in [1.807, 2.05) is 30.3 Å². The number of carbonyl (C=O) groups excluding carboxylic acids is 2. The summed E-state index contributed by atoms with van der Waals surface area (Å²) in [6.07, 6.45) is 0.500. The molecule has 0 aliphatic heterocycles. The molecule has 1 amide bonds. The van der Waals surface area contributed by atoms with Gasteiger partial charge in [0.2, 0.25) is 5.91 Å². The summed E-state index contributed by atoms with van der Waals surface area (Å²) in [6, 6.07) is 15.5. The third-order valence-corrected chi connectivity index (χ3v) is 4.34. The number of aliphatic carboxylic acids is 1. The van der Waals surface area contributed by atoms with Crippen LogP contribution < -0.4 is 5.32 Å². The molecule has 0 saturated heterocycles. The SMILES string of the molecule is CC(=O)n1cc(C(CC(=O)O)NC(=O)OCc2ccccc2)c2ccccc21. The molecular weight excluding hydrogens is 360 g/mol. The number of nitrogens with zero attached hydrogens (tertiary/aromatic N) is 1. The number of ether oxygens (including phenoxy) is 1. The highest BCUT2D eigenvalue weighted by Crippen LogP contribution is 2.28. The summed E-state index contributed by atoms with van der Waals surface area (Å²) in [4.78, 5) is 35.5. The first kappa shape index (κ1) is 19.2. The summed E-state index contributed by atoms with van der Waals surface area (Å²) in [5.41, 5.74) is 2.02. The molecule has 7 heteroatoms. The molecule has 0 aliphatic rings. The largest absolute Gasteiger partial charge is 0.481 e. The fourth-order valence-corrected chi connectivity index (χ4v) is 3.06. The van der Waals surface area contributed by atoms with Crippen LogP contribution in [-0.2, 0) is 16.1 Å². The zero-order chi connectivity index (χ0) is 20.1. The van der Waals surface area contributed by atoms with Crippen LogP contribution in [0.2, 0.25) is 0 Å². The van der Waals surface area contributed by atoms with Gasteiger partial charge in [-0.3, -0.25) is 14.2 Å². The van der Waals surface area contributed by atoms with Crippen molar-refractivity contribution < 1.29 is 24.2 Å². The molecule has 2 N–H and O–H groups in total. The van der Waals surface area contributed by atoms with Crippen molar-refractivity contribution in [3.05, 3.63) is 71.9 Å². The molecule has 28 heavy (non-hydrogen) atoms. The summed E-state index contributed by atoms with van der Waals surface area (Å²) in [5, 5.41) is 12.6. The molecule has 2 aromatic carbocycles. The first-order chi connectivity index (χ1) is 13.5. The van der Waals surface area contributed by atoms with Gasteiger partial charge in [-0.15, -0.1) is 0 Å². The Bertz CT molecular complexity index is 1010. The normalized spacial score (nSPS) is 11.8. The maximum absolute atomic E-state index is 12.3. The van der Waals surface area contributed by atoms with E-state index in [1.165, 1.54) is 11.5 Å². The second-order valence-electron chi connectivity index (χ2n) is 6.35. The number of nitrogens with one attached hydrogen (secondary N) is 1. The van der Waals surface area contributed by atoms with E-state index in [9.17, 15) is 19.5 Å². The van der Waals surface area contributed by atoms with Gasteiger partial charge >= 0.3 is 12.1 Å². The Labute approximate surface area is 161 Å². The van der Waals surface area contributed by atoms with Gasteiger partial charge in [-0.2, -0.15) is 0 Å². The molecule has 0 radical (unpaired) electrons. The van der Waals surface area contributed by atoms with Gasteiger partial charge in [-0.05, 0) is 11.6 Å². The lowest BCUT2D eigenvalue weighted by Crippen LogP contribution is -2.30. The minimum absolute atomic E-state index is 0.0711. The number of benzene rings is 2. The zero-order valence-electron chi connectivity index (χ0n) is 15.3. The van der Waals surface area contributed by atoms with Crippen molar-refractivity contribution in [1.29, 1.82) is 0 Å². The number of hydrogen-bond donors (Lipinski definition) is 2. The number of carboxylic acid groups (broad SMARTS) is 1. The third-order valence-electron chi connectivity index (χ3n) is 4.34. The number of aromatic nitrogens is 1. The van der Waals surface area contributed by atoms with Crippen LogP contribution in [0.25, 0.3) is 10.9 Å². The monoisotopic (exact) mass is 380 g/mol. The highest BCUT2D eigenvalue weighted by molar-refractivity contribution is 5.94. The predicted molar refractivity (Wildman–Crippen MR) is 103 cm³/mol. The number of alkyl carbamates (subject to hydrolysis) is 1. The van der Waals surface area contributed by atoms with E-state index in [-0.39, 0.29) is 18.9 Å². The molecule has 0 saturated carbocycles. The second-order valence-corrected chi connectivity index (χ2v) is 6.35. The van der Waals surface area contributed by atoms with E-state index >= 15 is 0 Å². The summed E-state index contributed by atoms with van der Waals surface area (Å²) in [5.74, 6) is -1.28. The Balaban J connectivity index is 1.84. The summed E-state index contributed by atoms with van der Waals surface area (Å²) < 4.78 is 6.65. The van der Waals surface area contributed by atoms with Gasteiger partial charge in [0.15, 0.2) is 0 Å². The summed E-state index contributed by atoms with van der Waals surface area (Å²) in [7, 11) is 0. The van der Waals surface area contributed by atoms with Gasteiger partial charge in [-0.1, -0.05) is 48.5 Å². The number of carbonyl (C=O) groups is 3. The van der Waals surface area contributed by atoms with Crippen LogP contribution >= 0.6 is 0 Å². The molecule has 1 aromatic heterocycles. The maximum Gasteiger partial charge on any atom is 0.407 e. The fraction of sp³-hybridized carbons (Fsp3) is 0.190. The third kappa shape index (κ3) is 4.37. The van der Waals surface area contributed by atoms with E-state index in [1.54, 1.807) is 30.5 Å². The average Bonchev–Trinajstić information content (AvgIpc) is 3.06. The first-order valence-electron chi connectivity index (χ1n) is 8.75. The Kier molecular flexibility index (Phi) is 5.74. The lowest BCUT2D eigenvalue weighted by molar-refractivity contribution is -0.137. The molecule has 3 rings (SSSR count). The maximum atomic E-state index is 12.3. The minimum atomic E-state index is -1.08. The van der Waals surface area contributed by atoms with Gasteiger partial charge in [0.05, 0.1) is 18.0 Å². The van der Waals surface area contributed by atoms with E-state index in [4.69, 9.17) is 4.74 Å². The van der Waals surface area contributed by atoms with E-state index in [0.717, 1.165) is 5.56 Å². The number of hydrogen-bond acceptors (Lipinski definition) is 4. The van der Waals surface area contributed by atoms with Gasteiger partial charge < -0.3 is 15.2 Å². The molecule has 0 spiro atoms. The Morgan fingerprint density at radius 3 is 2.43 bits per heavy atom. The second kappa shape index (κ2) is 8.39. The molecule has 0 bridgehead atoms. The van der Waals surface area contributed by atoms with E-state index in [2.05, 4.69) is 5.32 Å². The molecule has 7 nitrogen and oxygen atoms in total. The van der Waals surface area contributed by atoms with Crippen molar-refractivity contribution in [1.82, 2.24) is 9.88 Å². The van der Waals surface area contributed by atoms with Gasteiger partial charge in [0.25, 0.3) is 0 Å². The molecule has 1 atom stereocenters. The van der Waals surface area contributed by atoms with Crippen LogP contribution in [0, 0.1) is 0 Å². The van der Waals surface area contributed by atoms with Crippen molar-refractivity contribution in [2.75, 3.05) is 0 Å². The Morgan fingerprint density at radius 1 is 1.07 bits per heavy atom. The molecule has 0 fully saturated rings. The molecular formula is C21H20N2O5. The molecule has 0 aliphatic carbocycles. The highest BCUT2D eigenvalue weighted by Gasteiger charge is 2.24. The Hall–Kier alpha value is -3.61. The van der Waals surface area contributed by atoms with Crippen LogP contribution in [0.1, 0.15) is 35.3 Å². The quantitative estimate of drug-likeness (QED) is 0.679. The molecule has 144 valence electrons. The number of fused-ring (bicyclic) bond motifs is 1. The fourth-order valence-electron chi connectivity index (χ4n) is 3.06. The lowest BCUT2D eigenvalue weighted by Gasteiger charge is -2.16. The summed E-state index contributed by atoms with van der Waals surface area (Å²) in [6.45, 7) is 1.49. The molecule has 1 unspecified atom stereocenters. The Morgan fingerprint density at radius 2 is 1.75 bits per heavy atom. The summed E-state index contributed by atoms with van der Waals surface area (Å²) >= 11 is 0.